The molecule has 1 unspecified atom stereocenters. The number of anilines is 1. The topological polar surface area (TPSA) is 70.0 Å². The Morgan fingerprint density at radius 2 is 1.83 bits per heavy atom. The molecular weight excluding hydrogens is 371 g/mol. The lowest BCUT2D eigenvalue weighted by atomic mass is 9.91. The minimum Gasteiger partial charge on any atom is -0.478 e. The molecule has 1 aliphatic heterocycles. The van der Waals surface area contributed by atoms with Crippen LogP contribution < -0.4 is 5.01 Å². The number of carboxylic acid groups (broad SMARTS) is 1. The molecule has 1 amide bonds. The van der Waals surface area contributed by atoms with Crippen molar-refractivity contribution in [2.75, 3.05) is 5.01 Å². The van der Waals surface area contributed by atoms with Crippen molar-refractivity contribution in [3.63, 3.8) is 0 Å². The van der Waals surface area contributed by atoms with Crippen molar-refractivity contribution in [2.24, 2.45) is 11.0 Å². The number of amides is 1. The summed E-state index contributed by atoms with van der Waals surface area (Å²) in [4.78, 5) is 24.9. The van der Waals surface area contributed by atoms with Crippen molar-refractivity contribution in [1.29, 1.82) is 0 Å². The molecular formula is C23H23FN2O3. The summed E-state index contributed by atoms with van der Waals surface area (Å²) < 4.78 is 13.1. The minimum absolute atomic E-state index is 0.0345. The number of aliphatic carboxylic acids is 1. The quantitative estimate of drug-likeness (QED) is 0.685. The zero-order chi connectivity index (χ0) is 21.0. The van der Waals surface area contributed by atoms with Crippen molar-refractivity contribution in [1.82, 2.24) is 0 Å². The van der Waals surface area contributed by atoms with Crippen LogP contribution in [0.4, 0.5) is 10.1 Å². The van der Waals surface area contributed by atoms with E-state index >= 15 is 0 Å². The van der Waals surface area contributed by atoms with Crippen LogP contribution in [0.15, 0.2) is 59.2 Å². The summed E-state index contributed by atoms with van der Waals surface area (Å²) in [6.45, 7) is 3.95. The summed E-state index contributed by atoms with van der Waals surface area (Å²) in [5.74, 6) is -2.36. The van der Waals surface area contributed by atoms with Gasteiger partial charge >= 0.3 is 5.97 Å². The summed E-state index contributed by atoms with van der Waals surface area (Å²) in [6.07, 6.45) is 2.93. The number of halogens is 1. The van der Waals surface area contributed by atoms with E-state index in [4.69, 9.17) is 0 Å². The molecule has 2 aromatic rings. The SMILES string of the molecule is CCCC1=NN(c2ccc(C)cc2)C(=O)C1C/C(=C/c1ccc(F)cc1)C(=O)O. The van der Waals surface area contributed by atoms with Crippen LogP contribution in [0.1, 0.15) is 37.3 Å². The minimum atomic E-state index is -1.10. The second-order valence-corrected chi connectivity index (χ2v) is 7.11. The van der Waals surface area contributed by atoms with Gasteiger partial charge in [0.25, 0.3) is 5.91 Å². The average molecular weight is 394 g/mol. The van der Waals surface area contributed by atoms with Gasteiger partial charge in [-0.15, -0.1) is 0 Å². The number of hydrogen-bond acceptors (Lipinski definition) is 3. The number of aryl methyl sites for hydroxylation is 1. The van der Waals surface area contributed by atoms with E-state index < -0.39 is 17.7 Å². The van der Waals surface area contributed by atoms with Crippen LogP contribution in [0.25, 0.3) is 6.08 Å². The summed E-state index contributed by atoms with van der Waals surface area (Å²) >= 11 is 0. The van der Waals surface area contributed by atoms with Crippen molar-refractivity contribution in [2.45, 2.75) is 33.1 Å². The molecule has 0 bridgehead atoms. The Bertz CT molecular complexity index is 963. The Hall–Kier alpha value is -3.28. The molecule has 1 N–H and O–H groups in total. The molecule has 0 saturated heterocycles. The zero-order valence-electron chi connectivity index (χ0n) is 16.4. The van der Waals surface area contributed by atoms with E-state index in [0.717, 1.165) is 12.0 Å². The van der Waals surface area contributed by atoms with Crippen molar-refractivity contribution in [3.05, 3.63) is 71.0 Å². The Balaban J connectivity index is 1.89. The third-order valence-corrected chi connectivity index (χ3v) is 4.83. The van der Waals surface area contributed by atoms with Gasteiger partial charge in [0.2, 0.25) is 0 Å². The van der Waals surface area contributed by atoms with Crippen LogP contribution in [0, 0.1) is 18.7 Å². The Morgan fingerprint density at radius 3 is 2.41 bits per heavy atom. The van der Waals surface area contributed by atoms with Gasteiger partial charge in [-0.2, -0.15) is 5.10 Å². The molecule has 150 valence electrons. The maximum absolute atomic E-state index is 13.1. The lowest BCUT2D eigenvalue weighted by molar-refractivity contribution is -0.132. The largest absolute Gasteiger partial charge is 0.478 e. The molecule has 0 radical (unpaired) electrons. The fraction of sp³-hybridized carbons (Fsp3) is 0.261. The smallest absolute Gasteiger partial charge is 0.331 e. The Labute approximate surface area is 169 Å². The first-order valence-electron chi connectivity index (χ1n) is 9.56. The molecule has 0 saturated carbocycles. The number of nitrogens with zero attached hydrogens (tertiary/aromatic N) is 2. The van der Waals surface area contributed by atoms with E-state index in [0.29, 0.717) is 23.4 Å². The Kier molecular flexibility index (Phi) is 6.22. The van der Waals surface area contributed by atoms with E-state index in [1.54, 1.807) is 0 Å². The predicted octanol–water partition coefficient (Wildman–Crippen LogP) is 4.81. The van der Waals surface area contributed by atoms with Crippen LogP contribution in [-0.2, 0) is 9.59 Å². The third kappa shape index (κ3) is 4.77. The van der Waals surface area contributed by atoms with Crippen molar-refractivity contribution in [3.8, 4) is 0 Å². The van der Waals surface area contributed by atoms with Crippen LogP contribution in [0.3, 0.4) is 0 Å². The third-order valence-electron chi connectivity index (χ3n) is 4.83. The summed E-state index contributed by atoms with van der Waals surface area (Å²) in [6, 6.07) is 13.0. The van der Waals surface area contributed by atoms with E-state index in [9.17, 15) is 19.1 Å². The molecule has 0 aromatic heterocycles. The molecule has 1 aliphatic rings. The second-order valence-electron chi connectivity index (χ2n) is 7.11. The fourth-order valence-corrected chi connectivity index (χ4v) is 3.28. The molecule has 0 aliphatic carbocycles. The molecule has 0 spiro atoms. The molecule has 6 heteroatoms. The van der Waals surface area contributed by atoms with Gasteiger partial charge < -0.3 is 5.11 Å². The van der Waals surface area contributed by atoms with Crippen LogP contribution >= 0.6 is 0 Å². The molecule has 29 heavy (non-hydrogen) atoms. The number of rotatable bonds is 7. The van der Waals surface area contributed by atoms with Gasteiger partial charge in [0, 0.05) is 5.57 Å². The molecule has 0 fully saturated rings. The lowest BCUT2D eigenvalue weighted by Gasteiger charge is -2.15. The maximum atomic E-state index is 13.1. The number of hydrogen-bond donors (Lipinski definition) is 1. The number of carboxylic acids is 1. The highest BCUT2D eigenvalue weighted by Crippen LogP contribution is 2.30. The highest BCUT2D eigenvalue weighted by Gasteiger charge is 2.37. The monoisotopic (exact) mass is 394 g/mol. The van der Waals surface area contributed by atoms with E-state index in [1.165, 1.54) is 35.4 Å². The van der Waals surface area contributed by atoms with Gasteiger partial charge in [0.05, 0.1) is 17.3 Å². The number of hydrazone groups is 1. The lowest BCUT2D eigenvalue weighted by Crippen LogP contribution is -2.28. The predicted molar refractivity (Wildman–Crippen MR) is 111 cm³/mol. The molecule has 1 atom stereocenters. The molecule has 2 aromatic carbocycles. The Morgan fingerprint density at radius 1 is 1.17 bits per heavy atom. The van der Waals surface area contributed by atoms with Gasteiger partial charge in [-0.05, 0) is 55.7 Å². The van der Waals surface area contributed by atoms with Crippen molar-refractivity contribution < 1.29 is 19.1 Å². The standard InChI is InChI=1S/C23H23FN2O3/c1-3-4-21-20(22(27)26(25-21)19-11-5-15(2)6-12-19)14-17(23(28)29)13-16-7-9-18(24)10-8-16/h5-13,20H,3-4,14H2,1-2H3,(H,28,29)/b17-13-. The summed E-state index contributed by atoms with van der Waals surface area (Å²) in [7, 11) is 0. The van der Waals surface area contributed by atoms with E-state index in [2.05, 4.69) is 5.10 Å². The average Bonchev–Trinajstić information content (AvgIpc) is 2.99. The van der Waals surface area contributed by atoms with Gasteiger partial charge in [-0.3, -0.25) is 4.79 Å². The van der Waals surface area contributed by atoms with Crippen LogP contribution in [0.2, 0.25) is 0 Å². The number of carbonyl (C=O) groups excluding carboxylic acids is 1. The molecule has 1 heterocycles. The highest BCUT2D eigenvalue weighted by atomic mass is 19.1. The molecule has 3 rings (SSSR count). The highest BCUT2D eigenvalue weighted by molar-refractivity contribution is 6.16. The fourth-order valence-electron chi connectivity index (χ4n) is 3.28. The second kappa shape index (κ2) is 8.82. The first kappa shape index (κ1) is 20.5. The summed E-state index contributed by atoms with van der Waals surface area (Å²) in [5, 5.41) is 15.5. The van der Waals surface area contributed by atoms with E-state index in [1.807, 2.05) is 38.1 Å². The van der Waals surface area contributed by atoms with Gasteiger partial charge in [0.1, 0.15) is 5.82 Å². The van der Waals surface area contributed by atoms with Crippen molar-refractivity contribution >= 4 is 29.4 Å². The van der Waals surface area contributed by atoms with Gasteiger partial charge in [0.15, 0.2) is 0 Å². The first-order chi connectivity index (χ1) is 13.9. The summed E-state index contributed by atoms with van der Waals surface area (Å²) in [5.41, 5.74) is 3.08. The van der Waals surface area contributed by atoms with Crippen LogP contribution in [-0.4, -0.2) is 22.7 Å². The van der Waals surface area contributed by atoms with Gasteiger partial charge in [-0.1, -0.05) is 43.2 Å². The zero-order valence-corrected chi connectivity index (χ0v) is 16.4. The number of carbonyl (C=O) groups is 2. The van der Waals surface area contributed by atoms with E-state index in [-0.39, 0.29) is 17.9 Å². The van der Waals surface area contributed by atoms with Gasteiger partial charge in [-0.25, -0.2) is 14.2 Å². The normalized spacial score (nSPS) is 16.9. The maximum Gasteiger partial charge on any atom is 0.331 e. The number of benzene rings is 2. The first-order valence-corrected chi connectivity index (χ1v) is 9.56. The van der Waals surface area contributed by atoms with Crippen LogP contribution in [0.5, 0.6) is 0 Å². The molecule has 5 nitrogen and oxygen atoms in total.